The molecule has 0 bridgehead atoms. The zero-order chi connectivity index (χ0) is 26.3. The number of amides is 2. The molecule has 2 N–H and O–H groups in total. The Bertz CT molecular complexity index is 1290. The van der Waals surface area contributed by atoms with E-state index in [-0.39, 0.29) is 22.8 Å². The number of nitrogens with zero attached hydrogens (tertiary/aromatic N) is 1. The average Bonchev–Trinajstić information content (AvgIpc) is 2.88. The molecular formula is C28H33N3O4S. The van der Waals surface area contributed by atoms with E-state index in [4.69, 9.17) is 0 Å². The van der Waals surface area contributed by atoms with Crippen LogP contribution in [0.4, 0.5) is 11.4 Å². The van der Waals surface area contributed by atoms with Crippen LogP contribution in [-0.4, -0.2) is 32.8 Å². The molecule has 3 aromatic carbocycles. The molecule has 1 atom stereocenters. The van der Waals surface area contributed by atoms with E-state index in [1.54, 1.807) is 54.6 Å². The van der Waals surface area contributed by atoms with Crippen LogP contribution in [0.3, 0.4) is 0 Å². The number of para-hydroxylation sites is 1. The first-order chi connectivity index (χ1) is 17.1. The summed E-state index contributed by atoms with van der Waals surface area (Å²) in [4.78, 5) is 26.0. The number of benzene rings is 3. The van der Waals surface area contributed by atoms with Gasteiger partial charge < -0.3 is 10.6 Å². The largest absolute Gasteiger partial charge is 0.350 e. The molecule has 190 valence electrons. The Morgan fingerprint density at radius 2 is 1.47 bits per heavy atom. The van der Waals surface area contributed by atoms with Gasteiger partial charge in [-0.25, -0.2) is 8.42 Å². The number of hydrogen-bond donors (Lipinski definition) is 2. The van der Waals surface area contributed by atoms with E-state index in [0.29, 0.717) is 16.9 Å². The Morgan fingerprint density at radius 1 is 0.861 bits per heavy atom. The van der Waals surface area contributed by atoms with Gasteiger partial charge in [0.1, 0.15) is 6.54 Å². The van der Waals surface area contributed by atoms with Gasteiger partial charge in [-0.15, -0.1) is 0 Å². The summed E-state index contributed by atoms with van der Waals surface area (Å²) in [5, 5.41) is 5.62. The van der Waals surface area contributed by atoms with Crippen molar-refractivity contribution < 1.29 is 18.0 Å². The summed E-state index contributed by atoms with van der Waals surface area (Å²) in [6.07, 6.45) is 0.766. The van der Waals surface area contributed by atoms with Crippen LogP contribution < -0.4 is 14.9 Å². The molecule has 0 fully saturated rings. The minimum absolute atomic E-state index is 0.0263. The van der Waals surface area contributed by atoms with Crippen molar-refractivity contribution in [2.45, 2.75) is 51.0 Å². The maximum atomic E-state index is 13.6. The Labute approximate surface area is 213 Å². The van der Waals surface area contributed by atoms with Gasteiger partial charge in [-0.1, -0.05) is 63.2 Å². The van der Waals surface area contributed by atoms with Crippen LogP contribution in [-0.2, 0) is 14.8 Å². The van der Waals surface area contributed by atoms with E-state index in [1.807, 2.05) is 26.0 Å². The molecule has 0 saturated heterocycles. The fourth-order valence-corrected chi connectivity index (χ4v) is 5.02. The van der Waals surface area contributed by atoms with Crippen molar-refractivity contribution in [3.05, 3.63) is 90.0 Å². The predicted octanol–water partition coefficient (Wildman–Crippen LogP) is 5.17. The highest BCUT2D eigenvalue weighted by molar-refractivity contribution is 7.92. The molecule has 3 aromatic rings. The number of anilines is 2. The maximum Gasteiger partial charge on any atom is 0.264 e. The van der Waals surface area contributed by atoms with Gasteiger partial charge in [-0.2, -0.15) is 0 Å². The van der Waals surface area contributed by atoms with E-state index >= 15 is 0 Å². The van der Waals surface area contributed by atoms with Gasteiger partial charge in [0, 0.05) is 6.04 Å². The number of carbonyl (C=O) groups excluding carboxylic acids is 2. The van der Waals surface area contributed by atoms with Crippen LogP contribution in [0.2, 0.25) is 0 Å². The van der Waals surface area contributed by atoms with Gasteiger partial charge in [0.25, 0.3) is 15.9 Å². The molecular weight excluding hydrogens is 474 g/mol. The van der Waals surface area contributed by atoms with E-state index in [2.05, 4.69) is 24.5 Å². The van der Waals surface area contributed by atoms with Crippen molar-refractivity contribution in [3.8, 4) is 0 Å². The van der Waals surface area contributed by atoms with Crippen molar-refractivity contribution in [2.75, 3.05) is 16.2 Å². The lowest BCUT2D eigenvalue weighted by molar-refractivity contribution is -0.114. The molecule has 7 nitrogen and oxygen atoms in total. The van der Waals surface area contributed by atoms with Crippen molar-refractivity contribution in [1.29, 1.82) is 0 Å². The van der Waals surface area contributed by atoms with Crippen LogP contribution in [0.15, 0.2) is 83.8 Å². The molecule has 3 rings (SSSR count). The summed E-state index contributed by atoms with van der Waals surface area (Å²) < 4.78 is 28.2. The SMILES string of the molecule is CC[C@@H](C)NC(=O)c1ccccc1NC(=O)CN(c1ccc(C(C)C)cc1)S(=O)(=O)c1ccccc1. The fourth-order valence-electron chi connectivity index (χ4n) is 3.57. The second-order valence-corrected chi connectivity index (χ2v) is 10.8. The van der Waals surface area contributed by atoms with Crippen molar-refractivity contribution in [2.24, 2.45) is 0 Å². The molecule has 8 heteroatoms. The fraction of sp³-hybridized carbons (Fsp3) is 0.286. The van der Waals surface area contributed by atoms with E-state index in [9.17, 15) is 18.0 Å². The molecule has 0 aliphatic heterocycles. The number of hydrogen-bond acceptors (Lipinski definition) is 4. The van der Waals surface area contributed by atoms with Gasteiger partial charge in [0.2, 0.25) is 5.91 Å². The number of carbonyl (C=O) groups is 2. The third-order valence-corrected chi connectivity index (χ3v) is 7.69. The standard InChI is InChI=1S/C28H33N3O4S/c1-5-21(4)29-28(33)25-13-9-10-14-26(25)30-27(32)19-31(23-17-15-22(16-18-23)20(2)3)36(34,35)24-11-7-6-8-12-24/h6-18,20-21H,5,19H2,1-4H3,(H,29,33)(H,30,32)/t21-/m1/s1. The predicted molar refractivity (Wildman–Crippen MR) is 144 cm³/mol. The van der Waals surface area contributed by atoms with Crippen LogP contribution >= 0.6 is 0 Å². The van der Waals surface area contributed by atoms with Gasteiger partial charge >= 0.3 is 0 Å². The van der Waals surface area contributed by atoms with E-state index < -0.39 is 22.5 Å². The van der Waals surface area contributed by atoms with Crippen molar-refractivity contribution in [1.82, 2.24) is 5.32 Å². The van der Waals surface area contributed by atoms with Gasteiger partial charge in [-0.05, 0) is 61.2 Å². The Hall–Kier alpha value is -3.65. The molecule has 36 heavy (non-hydrogen) atoms. The second-order valence-electron chi connectivity index (χ2n) is 8.95. The first-order valence-corrected chi connectivity index (χ1v) is 13.4. The monoisotopic (exact) mass is 507 g/mol. The number of rotatable bonds is 10. The van der Waals surface area contributed by atoms with Crippen molar-refractivity contribution >= 4 is 33.2 Å². The summed E-state index contributed by atoms with van der Waals surface area (Å²) in [7, 11) is -4.03. The number of nitrogens with one attached hydrogen (secondary N) is 2. The highest BCUT2D eigenvalue weighted by atomic mass is 32.2. The maximum absolute atomic E-state index is 13.6. The van der Waals surface area contributed by atoms with E-state index in [0.717, 1.165) is 16.3 Å². The minimum atomic E-state index is -4.03. The molecule has 2 amide bonds. The van der Waals surface area contributed by atoms with Crippen LogP contribution in [0, 0.1) is 0 Å². The smallest absolute Gasteiger partial charge is 0.264 e. The zero-order valence-corrected chi connectivity index (χ0v) is 21.9. The molecule has 0 saturated carbocycles. The molecule has 0 unspecified atom stereocenters. The average molecular weight is 508 g/mol. The third-order valence-electron chi connectivity index (χ3n) is 5.90. The minimum Gasteiger partial charge on any atom is -0.350 e. The summed E-state index contributed by atoms with van der Waals surface area (Å²) in [5.41, 5.74) is 2.06. The molecule has 0 aromatic heterocycles. The summed E-state index contributed by atoms with van der Waals surface area (Å²) in [5.74, 6) is -0.593. The highest BCUT2D eigenvalue weighted by Crippen LogP contribution is 2.26. The topological polar surface area (TPSA) is 95.6 Å². The second kappa shape index (κ2) is 11.9. The van der Waals surface area contributed by atoms with Gasteiger partial charge in [0.15, 0.2) is 0 Å². The number of sulfonamides is 1. The first-order valence-electron chi connectivity index (χ1n) is 12.0. The lowest BCUT2D eigenvalue weighted by Gasteiger charge is -2.25. The first kappa shape index (κ1) is 26.9. The van der Waals surface area contributed by atoms with Gasteiger partial charge in [0.05, 0.1) is 21.8 Å². The Morgan fingerprint density at radius 3 is 2.08 bits per heavy atom. The Kier molecular flexibility index (Phi) is 8.88. The molecule has 0 heterocycles. The lowest BCUT2D eigenvalue weighted by Crippen LogP contribution is -2.38. The molecule has 0 aliphatic rings. The van der Waals surface area contributed by atoms with Gasteiger partial charge in [-0.3, -0.25) is 13.9 Å². The molecule has 0 spiro atoms. The zero-order valence-electron chi connectivity index (χ0n) is 21.1. The normalized spacial score (nSPS) is 12.1. The quantitative estimate of drug-likeness (QED) is 0.396. The van der Waals surface area contributed by atoms with Crippen LogP contribution in [0.25, 0.3) is 0 Å². The summed E-state index contributed by atoms with van der Waals surface area (Å²) in [6.45, 7) is 7.51. The lowest BCUT2D eigenvalue weighted by atomic mass is 10.0. The Balaban J connectivity index is 1.91. The molecule has 0 aliphatic carbocycles. The van der Waals surface area contributed by atoms with Crippen LogP contribution in [0.5, 0.6) is 0 Å². The van der Waals surface area contributed by atoms with Crippen molar-refractivity contribution in [3.63, 3.8) is 0 Å². The summed E-state index contributed by atoms with van der Waals surface area (Å²) >= 11 is 0. The van der Waals surface area contributed by atoms with E-state index in [1.165, 1.54) is 12.1 Å². The molecule has 0 radical (unpaired) electrons. The highest BCUT2D eigenvalue weighted by Gasteiger charge is 2.27. The van der Waals surface area contributed by atoms with Crippen LogP contribution in [0.1, 0.15) is 56.0 Å². The third kappa shape index (κ3) is 6.51. The summed E-state index contributed by atoms with van der Waals surface area (Å²) in [6, 6.07) is 21.8.